The van der Waals surface area contributed by atoms with Gasteiger partial charge in [-0.05, 0) is 51.7 Å². The van der Waals surface area contributed by atoms with Gasteiger partial charge in [-0.2, -0.15) is 0 Å². The van der Waals surface area contributed by atoms with Crippen molar-refractivity contribution in [2.24, 2.45) is 0 Å². The van der Waals surface area contributed by atoms with E-state index in [1.165, 1.54) is 19.2 Å². The summed E-state index contributed by atoms with van der Waals surface area (Å²) in [6.45, 7) is 0. The largest absolute Gasteiger partial charge is 0.469 e. The summed E-state index contributed by atoms with van der Waals surface area (Å²) in [5.74, 6) is -0.697. The summed E-state index contributed by atoms with van der Waals surface area (Å²) in [5.41, 5.74) is 2.36. The molecule has 3 rings (SSSR count). The van der Waals surface area contributed by atoms with E-state index < -0.39 is 16.9 Å². The lowest BCUT2D eigenvalue weighted by Gasteiger charge is -2.20. The Kier molecular flexibility index (Phi) is 7.61. The molecule has 3 aromatic rings. The van der Waals surface area contributed by atoms with Crippen molar-refractivity contribution in [3.05, 3.63) is 77.1 Å². The zero-order chi connectivity index (χ0) is 20.3. The van der Waals surface area contributed by atoms with Crippen LogP contribution >= 0.6 is 0 Å². The monoisotopic (exact) mass is 418 g/mol. The summed E-state index contributed by atoms with van der Waals surface area (Å²) in [7, 11) is 1.85. The van der Waals surface area contributed by atoms with E-state index in [-0.39, 0.29) is 23.7 Å². The van der Waals surface area contributed by atoms with E-state index in [0.717, 1.165) is 22.1 Å². The molecule has 154 valence electrons. The molecular formula is C22H23FO5S. The van der Waals surface area contributed by atoms with Crippen LogP contribution in [0.3, 0.4) is 0 Å². The maximum Gasteiger partial charge on any atom is 0.309 e. The predicted molar refractivity (Wildman–Crippen MR) is 111 cm³/mol. The topological polar surface area (TPSA) is 84.1 Å². The fourth-order valence-corrected chi connectivity index (χ4v) is 3.78. The van der Waals surface area contributed by atoms with E-state index in [2.05, 4.69) is 0 Å². The maximum absolute atomic E-state index is 13.9. The fourth-order valence-electron chi connectivity index (χ4n) is 3.26. The molecule has 2 unspecified atom stereocenters. The SMILES string of the molecule is COC(=O)Cc1cc(C(OC)c2ccc(S(C)=O)cc2)c2cc(F)ccc2c1.O. The number of ether oxygens (including phenoxy) is 2. The molecule has 5 nitrogen and oxygen atoms in total. The summed E-state index contributed by atoms with van der Waals surface area (Å²) >= 11 is 0. The van der Waals surface area contributed by atoms with Gasteiger partial charge in [0.05, 0.1) is 13.5 Å². The normalized spacial score (nSPS) is 12.8. The Morgan fingerprint density at radius 2 is 1.76 bits per heavy atom. The summed E-state index contributed by atoms with van der Waals surface area (Å²) in [4.78, 5) is 12.5. The van der Waals surface area contributed by atoms with Gasteiger partial charge < -0.3 is 14.9 Å². The van der Waals surface area contributed by atoms with Gasteiger partial charge in [-0.1, -0.05) is 30.3 Å². The van der Waals surface area contributed by atoms with E-state index in [0.29, 0.717) is 10.3 Å². The van der Waals surface area contributed by atoms with Crippen molar-refractivity contribution in [2.75, 3.05) is 20.5 Å². The summed E-state index contributed by atoms with van der Waals surface area (Å²) in [6.07, 6.45) is 1.26. The molecule has 2 atom stereocenters. The number of fused-ring (bicyclic) bond motifs is 1. The van der Waals surface area contributed by atoms with Gasteiger partial charge in [0.1, 0.15) is 11.9 Å². The zero-order valence-corrected chi connectivity index (χ0v) is 17.2. The molecule has 0 amide bonds. The highest BCUT2D eigenvalue weighted by atomic mass is 32.2. The molecule has 29 heavy (non-hydrogen) atoms. The van der Waals surface area contributed by atoms with Crippen molar-refractivity contribution in [3.63, 3.8) is 0 Å². The fraction of sp³-hybridized carbons (Fsp3) is 0.227. The first-order chi connectivity index (χ1) is 13.4. The van der Waals surface area contributed by atoms with Crippen LogP contribution in [0.25, 0.3) is 10.8 Å². The van der Waals surface area contributed by atoms with E-state index in [4.69, 9.17) is 9.47 Å². The highest BCUT2D eigenvalue weighted by Crippen LogP contribution is 2.33. The third-order valence-corrected chi connectivity index (χ3v) is 5.55. The lowest BCUT2D eigenvalue weighted by atomic mass is 9.92. The van der Waals surface area contributed by atoms with Crippen LogP contribution in [-0.4, -0.2) is 36.1 Å². The molecule has 0 saturated carbocycles. The second-order valence-electron chi connectivity index (χ2n) is 6.44. The Morgan fingerprint density at radius 3 is 2.34 bits per heavy atom. The van der Waals surface area contributed by atoms with Gasteiger partial charge in [-0.3, -0.25) is 9.00 Å². The molecule has 0 aliphatic carbocycles. The van der Waals surface area contributed by atoms with Crippen LogP contribution in [-0.2, 0) is 31.5 Å². The standard InChI is InChI=1S/C22H21FO4S.H2O/c1-26-21(24)12-14-10-16-4-7-17(23)13-19(16)20(11-14)22(27-2)15-5-8-18(9-6-15)28(3)25;/h4-11,13,22H,12H2,1-3H3;1H2. The molecule has 2 N–H and O–H groups in total. The Bertz CT molecular complexity index is 1030. The molecule has 0 heterocycles. The van der Waals surface area contributed by atoms with Crippen LogP contribution in [0, 0.1) is 5.82 Å². The number of carbonyl (C=O) groups is 1. The van der Waals surface area contributed by atoms with Gasteiger partial charge in [-0.15, -0.1) is 0 Å². The first-order valence-electron chi connectivity index (χ1n) is 8.68. The summed E-state index contributed by atoms with van der Waals surface area (Å²) < 4.78 is 36.1. The molecule has 0 bridgehead atoms. The molecule has 0 saturated heterocycles. The van der Waals surface area contributed by atoms with Crippen molar-refractivity contribution in [2.45, 2.75) is 17.4 Å². The molecule has 0 fully saturated rings. The average molecular weight is 418 g/mol. The van der Waals surface area contributed by atoms with E-state index in [9.17, 15) is 13.4 Å². The van der Waals surface area contributed by atoms with Crippen molar-refractivity contribution in [1.82, 2.24) is 0 Å². The third kappa shape index (κ3) is 5.06. The minimum absolute atomic E-state index is 0. The van der Waals surface area contributed by atoms with Gasteiger partial charge in [-0.25, -0.2) is 4.39 Å². The molecule has 3 aromatic carbocycles. The molecule has 0 spiro atoms. The van der Waals surface area contributed by atoms with Crippen molar-refractivity contribution >= 4 is 27.5 Å². The quantitative estimate of drug-likeness (QED) is 0.575. The van der Waals surface area contributed by atoms with Crippen molar-refractivity contribution < 1.29 is 28.3 Å². The highest BCUT2D eigenvalue weighted by molar-refractivity contribution is 7.84. The minimum Gasteiger partial charge on any atom is -0.469 e. The lowest BCUT2D eigenvalue weighted by Crippen LogP contribution is -2.08. The van der Waals surface area contributed by atoms with Crippen LogP contribution in [0.4, 0.5) is 4.39 Å². The first-order valence-corrected chi connectivity index (χ1v) is 10.2. The Labute approximate surface area is 171 Å². The van der Waals surface area contributed by atoms with Gasteiger partial charge in [0, 0.05) is 29.1 Å². The zero-order valence-electron chi connectivity index (χ0n) is 16.4. The molecular weight excluding hydrogens is 395 g/mol. The number of benzene rings is 3. The average Bonchev–Trinajstić information content (AvgIpc) is 2.69. The van der Waals surface area contributed by atoms with E-state index in [1.54, 1.807) is 31.6 Å². The second-order valence-corrected chi connectivity index (χ2v) is 7.82. The van der Waals surface area contributed by atoms with Crippen LogP contribution < -0.4 is 0 Å². The molecule has 0 aliphatic heterocycles. The third-order valence-electron chi connectivity index (χ3n) is 4.62. The number of esters is 1. The van der Waals surface area contributed by atoms with Crippen LogP contribution in [0.15, 0.2) is 59.5 Å². The van der Waals surface area contributed by atoms with Crippen molar-refractivity contribution in [1.29, 1.82) is 0 Å². The number of hydrogen-bond acceptors (Lipinski definition) is 4. The Morgan fingerprint density at radius 1 is 1.07 bits per heavy atom. The van der Waals surface area contributed by atoms with Crippen LogP contribution in [0.5, 0.6) is 0 Å². The maximum atomic E-state index is 13.9. The summed E-state index contributed by atoms with van der Waals surface area (Å²) in [5, 5.41) is 1.52. The molecule has 0 aliphatic rings. The molecule has 0 radical (unpaired) electrons. The van der Waals surface area contributed by atoms with Gasteiger partial charge >= 0.3 is 5.97 Å². The highest BCUT2D eigenvalue weighted by Gasteiger charge is 2.19. The van der Waals surface area contributed by atoms with Gasteiger partial charge in [0.2, 0.25) is 0 Å². The number of methoxy groups -OCH3 is 2. The number of hydrogen-bond donors (Lipinski definition) is 0. The first kappa shape index (κ1) is 22.7. The summed E-state index contributed by atoms with van der Waals surface area (Å²) in [6, 6.07) is 15.5. The predicted octanol–water partition coefficient (Wildman–Crippen LogP) is 3.34. The van der Waals surface area contributed by atoms with Gasteiger partial charge in [0.25, 0.3) is 0 Å². The number of rotatable bonds is 6. The van der Waals surface area contributed by atoms with Crippen LogP contribution in [0.2, 0.25) is 0 Å². The number of carbonyl (C=O) groups excluding carboxylic acids is 1. The van der Waals surface area contributed by atoms with E-state index >= 15 is 0 Å². The van der Waals surface area contributed by atoms with E-state index in [1.807, 2.05) is 24.3 Å². The molecule has 0 aromatic heterocycles. The second kappa shape index (κ2) is 9.73. The van der Waals surface area contributed by atoms with Gasteiger partial charge in [0.15, 0.2) is 0 Å². The van der Waals surface area contributed by atoms with Crippen LogP contribution in [0.1, 0.15) is 22.8 Å². The molecule has 7 heteroatoms. The Hall–Kier alpha value is -2.61. The number of halogens is 1. The minimum atomic E-state index is -1.08. The Balaban J connectivity index is 0.00000300. The smallest absolute Gasteiger partial charge is 0.309 e. The lowest BCUT2D eigenvalue weighted by molar-refractivity contribution is -0.139. The van der Waals surface area contributed by atoms with Crippen molar-refractivity contribution in [3.8, 4) is 0 Å².